The zero-order chi connectivity index (χ0) is 20.9. The minimum atomic E-state index is -0.364. The van der Waals surface area contributed by atoms with Crippen LogP contribution >= 0.6 is 0 Å². The van der Waals surface area contributed by atoms with Crippen molar-refractivity contribution < 1.29 is 23.5 Å². The quantitative estimate of drug-likeness (QED) is 0.360. The second kappa shape index (κ2) is 8.93. The number of aliphatic hydroxyl groups excluding tert-OH is 1. The average Bonchev–Trinajstić information content (AvgIpc) is 3.35. The molecule has 0 aliphatic carbocycles. The van der Waals surface area contributed by atoms with Crippen LogP contribution in [0.4, 0.5) is 12.0 Å². The highest BCUT2D eigenvalue weighted by molar-refractivity contribution is 5.85. The van der Waals surface area contributed by atoms with Gasteiger partial charge in [-0.2, -0.15) is 9.97 Å². The maximum absolute atomic E-state index is 12.4. The zero-order valence-corrected chi connectivity index (χ0v) is 16.4. The molecule has 2 aromatic carbocycles. The molecule has 1 amide bonds. The molecule has 3 N–H and O–H groups in total. The number of nitrogens with one attached hydrogen (secondary N) is 2. The van der Waals surface area contributed by atoms with E-state index in [1.807, 2.05) is 43.3 Å². The van der Waals surface area contributed by atoms with Crippen LogP contribution in [0.15, 0.2) is 51.3 Å². The maximum Gasteiger partial charge on any atom is 0.303 e. The Morgan fingerprint density at radius 3 is 2.57 bits per heavy atom. The van der Waals surface area contributed by atoms with Gasteiger partial charge in [-0.05, 0) is 36.8 Å². The van der Waals surface area contributed by atoms with E-state index in [9.17, 15) is 4.79 Å². The molecule has 2 heterocycles. The molecule has 0 bridgehead atoms. The van der Waals surface area contributed by atoms with E-state index in [1.165, 1.54) is 0 Å². The number of fused-ring (bicyclic) bond motifs is 2. The Labute approximate surface area is 172 Å². The lowest BCUT2D eigenvalue weighted by Gasteiger charge is -2.12. The van der Waals surface area contributed by atoms with Gasteiger partial charge in [-0.25, -0.2) is 0 Å². The molecule has 0 aliphatic rings. The predicted octanol–water partition coefficient (Wildman–Crippen LogP) is 2.94. The summed E-state index contributed by atoms with van der Waals surface area (Å²) in [4.78, 5) is 21.1. The van der Waals surface area contributed by atoms with Gasteiger partial charge in [0.2, 0.25) is 5.91 Å². The molecule has 4 rings (SSSR count). The van der Waals surface area contributed by atoms with Crippen LogP contribution in [0.2, 0.25) is 0 Å². The van der Waals surface area contributed by atoms with Crippen LogP contribution in [0.5, 0.6) is 0 Å². The van der Waals surface area contributed by atoms with Crippen LogP contribution in [0.1, 0.15) is 18.4 Å². The van der Waals surface area contributed by atoms with E-state index in [1.54, 1.807) is 6.07 Å². The first-order valence-corrected chi connectivity index (χ1v) is 9.63. The van der Waals surface area contributed by atoms with Crippen molar-refractivity contribution in [1.82, 2.24) is 15.3 Å². The number of ether oxygens (including phenoxy) is 1. The molecule has 0 fully saturated rings. The summed E-state index contributed by atoms with van der Waals surface area (Å²) >= 11 is 0. The normalized spacial score (nSPS) is 12.3. The second-order valence-electron chi connectivity index (χ2n) is 6.71. The van der Waals surface area contributed by atoms with Crippen LogP contribution < -0.4 is 10.6 Å². The number of hydrogen-bond acceptors (Lipinski definition) is 8. The van der Waals surface area contributed by atoms with Gasteiger partial charge in [-0.3, -0.25) is 10.1 Å². The third-order valence-corrected chi connectivity index (χ3v) is 4.59. The number of rotatable bonds is 9. The highest BCUT2D eigenvalue weighted by atomic mass is 16.5. The Hall–Kier alpha value is -3.43. The van der Waals surface area contributed by atoms with E-state index >= 15 is 0 Å². The van der Waals surface area contributed by atoms with Crippen LogP contribution in [-0.4, -0.2) is 47.3 Å². The Bertz CT molecular complexity index is 1120. The van der Waals surface area contributed by atoms with Gasteiger partial charge in [0.1, 0.15) is 11.0 Å². The van der Waals surface area contributed by atoms with Gasteiger partial charge < -0.3 is 24.0 Å². The van der Waals surface area contributed by atoms with E-state index in [2.05, 4.69) is 20.6 Å². The monoisotopic (exact) mass is 410 g/mol. The third-order valence-electron chi connectivity index (χ3n) is 4.59. The summed E-state index contributed by atoms with van der Waals surface area (Å²) in [7, 11) is 0. The highest BCUT2D eigenvalue weighted by Gasteiger charge is 2.17. The third kappa shape index (κ3) is 4.42. The number of anilines is 2. The number of benzene rings is 2. The van der Waals surface area contributed by atoms with Crippen molar-refractivity contribution in [2.45, 2.75) is 12.8 Å². The molecule has 0 radical (unpaired) electrons. The SMILES string of the molecule is C[C@H](C(=O)NCCOCCO)c1ccc2oc(Nc3nc4ccccc4o3)nc2c1. The lowest BCUT2D eigenvalue weighted by atomic mass is 10.00. The molecular formula is C21H22N4O5. The molecule has 0 saturated carbocycles. The van der Waals surface area contributed by atoms with E-state index in [-0.39, 0.29) is 31.1 Å². The number of aromatic nitrogens is 2. The zero-order valence-electron chi connectivity index (χ0n) is 16.4. The fourth-order valence-corrected chi connectivity index (χ4v) is 3.00. The number of amides is 1. The molecule has 0 aliphatic heterocycles. The summed E-state index contributed by atoms with van der Waals surface area (Å²) < 4.78 is 16.5. The fourth-order valence-electron chi connectivity index (χ4n) is 3.00. The summed E-state index contributed by atoms with van der Waals surface area (Å²) in [5, 5.41) is 14.4. The van der Waals surface area contributed by atoms with Crippen molar-refractivity contribution >= 4 is 40.1 Å². The number of oxazole rings is 2. The van der Waals surface area contributed by atoms with E-state index in [0.29, 0.717) is 35.8 Å². The molecule has 0 saturated heterocycles. The van der Waals surface area contributed by atoms with E-state index < -0.39 is 0 Å². The van der Waals surface area contributed by atoms with Crippen LogP contribution in [-0.2, 0) is 9.53 Å². The van der Waals surface area contributed by atoms with Crippen molar-refractivity contribution in [3.63, 3.8) is 0 Å². The lowest BCUT2D eigenvalue weighted by Crippen LogP contribution is -2.31. The molecule has 0 unspecified atom stereocenters. The molecule has 1 atom stereocenters. The average molecular weight is 410 g/mol. The maximum atomic E-state index is 12.4. The summed E-state index contributed by atoms with van der Waals surface area (Å²) in [6, 6.07) is 13.4. The molecule has 2 aromatic heterocycles. The number of hydrogen-bond donors (Lipinski definition) is 3. The van der Waals surface area contributed by atoms with Gasteiger partial charge in [0, 0.05) is 6.54 Å². The van der Waals surface area contributed by atoms with E-state index in [0.717, 1.165) is 11.1 Å². The smallest absolute Gasteiger partial charge is 0.303 e. The van der Waals surface area contributed by atoms with Gasteiger partial charge in [0.15, 0.2) is 11.2 Å². The first-order chi connectivity index (χ1) is 14.6. The Kier molecular flexibility index (Phi) is 5.92. The van der Waals surface area contributed by atoms with Crippen molar-refractivity contribution in [1.29, 1.82) is 0 Å². The highest BCUT2D eigenvalue weighted by Crippen LogP contribution is 2.27. The Morgan fingerprint density at radius 2 is 1.80 bits per heavy atom. The van der Waals surface area contributed by atoms with Gasteiger partial charge in [0.05, 0.1) is 25.7 Å². The minimum Gasteiger partial charge on any atom is -0.423 e. The van der Waals surface area contributed by atoms with Gasteiger partial charge in [-0.1, -0.05) is 18.2 Å². The molecule has 156 valence electrons. The number of carbonyl (C=O) groups excluding carboxylic acids is 1. The van der Waals surface area contributed by atoms with Crippen molar-refractivity contribution in [3.8, 4) is 0 Å². The van der Waals surface area contributed by atoms with Crippen LogP contribution in [0.3, 0.4) is 0 Å². The standard InChI is InChI=1S/C21H22N4O5/c1-13(19(27)22-8-10-28-11-9-26)14-6-7-18-16(12-14)24-21(30-18)25-20-23-15-4-2-3-5-17(15)29-20/h2-7,12-13,26H,8-11H2,1H3,(H,22,27)(H,23,24,25)/t13-/m0/s1. The second-order valence-corrected chi connectivity index (χ2v) is 6.71. The van der Waals surface area contributed by atoms with Crippen molar-refractivity contribution in [3.05, 3.63) is 48.0 Å². The van der Waals surface area contributed by atoms with Crippen molar-refractivity contribution in [2.75, 3.05) is 31.7 Å². The molecule has 4 aromatic rings. The lowest BCUT2D eigenvalue weighted by molar-refractivity contribution is -0.122. The van der Waals surface area contributed by atoms with Crippen molar-refractivity contribution in [2.24, 2.45) is 0 Å². The number of carbonyl (C=O) groups is 1. The number of nitrogens with zero attached hydrogens (tertiary/aromatic N) is 2. The largest absolute Gasteiger partial charge is 0.423 e. The summed E-state index contributed by atoms with van der Waals surface area (Å²) in [5.74, 6) is -0.479. The van der Waals surface area contributed by atoms with Gasteiger partial charge >= 0.3 is 12.0 Å². The van der Waals surface area contributed by atoms with E-state index in [4.69, 9.17) is 18.7 Å². The van der Waals surface area contributed by atoms with Gasteiger partial charge in [-0.15, -0.1) is 0 Å². The first kappa shape index (κ1) is 19.9. The molecule has 0 spiro atoms. The molecule has 9 heteroatoms. The molecular weight excluding hydrogens is 388 g/mol. The van der Waals surface area contributed by atoms with Crippen LogP contribution in [0, 0.1) is 0 Å². The Balaban J connectivity index is 1.43. The van der Waals surface area contributed by atoms with Crippen LogP contribution in [0.25, 0.3) is 22.2 Å². The Morgan fingerprint density at radius 1 is 1.07 bits per heavy atom. The molecule has 30 heavy (non-hydrogen) atoms. The summed E-state index contributed by atoms with van der Waals surface area (Å²) in [5.41, 5.74) is 3.43. The van der Waals surface area contributed by atoms with Gasteiger partial charge in [0.25, 0.3) is 0 Å². The fraction of sp³-hybridized carbons (Fsp3) is 0.286. The summed E-state index contributed by atoms with van der Waals surface area (Å²) in [6.45, 7) is 2.78. The minimum absolute atomic E-state index is 0.0364. The topological polar surface area (TPSA) is 123 Å². The first-order valence-electron chi connectivity index (χ1n) is 9.63. The molecule has 9 nitrogen and oxygen atoms in total. The summed E-state index contributed by atoms with van der Waals surface area (Å²) in [6.07, 6.45) is 0. The number of aliphatic hydroxyl groups is 1. The predicted molar refractivity (Wildman–Crippen MR) is 111 cm³/mol. The number of para-hydroxylation sites is 2.